The molecule has 1 N–H and O–H groups in total. The number of carbonyl (C=O) groups excluding carboxylic acids is 1. The zero-order chi connectivity index (χ0) is 13.4. The van der Waals surface area contributed by atoms with Crippen molar-refractivity contribution in [2.24, 2.45) is 5.92 Å². The van der Waals surface area contributed by atoms with E-state index in [1.54, 1.807) is 6.92 Å². The Labute approximate surface area is 117 Å². The Balaban J connectivity index is 1.85. The molecule has 0 spiro atoms. The molecule has 6 heteroatoms. The lowest BCUT2D eigenvalue weighted by atomic mass is 9.84. The van der Waals surface area contributed by atoms with Crippen molar-refractivity contribution >= 4 is 23.7 Å². The van der Waals surface area contributed by atoms with Gasteiger partial charge in [-0.3, -0.25) is 4.79 Å². The van der Waals surface area contributed by atoms with Crippen molar-refractivity contribution in [3.63, 3.8) is 0 Å². The SMILES string of the molecule is Cc1nc(Cl)c(C=O)c(NC2CN3CCC2CC3)n1. The van der Waals surface area contributed by atoms with Gasteiger partial charge in [-0.2, -0.15) is 0 Å². The van der Waals surface area contributed by atoms with E-state index in [9.17, 15) is 4.79 Å². The highest BCUT2D eigenvalue weighted by atomic mass is 35.5. The van der Waals surface area contributed by atoms with Gasteiger partial charge in [0, 0.05) is 12.6 Å². The lowest BCUT2D eigenvalue weighted by Crippen LogP contribution is -2.53. The second-order valence-electron chi connectivity index (χ2n) is 5.33. The topological polar surface area (TPSA) is 58.1 Å². The molecule has 3 aliphatic heterocycles. The third-order valence-electron chi connectivity index (χ3n) is 4.11. The molecule has 1 aromatic heterocycles. The highest BCUT2D eigenvalue weighted by Crippen LogP contribution is 2.30. The predicted molar refractivity (Wildman–Crippen MR) is 73.7 cm³/mol. The molecule has 3 fully saturated rings. The Morgan fingerprint density at radius 3 is 2.68 bits per heavy atom. The van der Waals surface area contributed by atoms with Crippen molar-refractivity contribution in [3.05, 3.63) is 16.5 Å². The van der Waals surface area contributed by atoms with Crippen LogP contribution in [0.1, 0.15) is 29.0 Å². The minimum absolute atomic E-state index is 0.228. The Kier molecular flexibility index (Phi) is 3.41. The summed E-state index contributed by atoms with van der Waals surface area (Å²) in [6.45, 7) is 5.17. The molecular weight excluding hydrogens is 264 g/mol. The van der Waals surface area contributed by atoms with Gasteiger partial charge in [0.1, 0.15) is 16.8 Å². The molecule has 0 amide bonds. The van der Waals surface area contributed by atoms with Crippen LogP contribution in [0, 0.1) is 12.8 Å². The summed E-state index contributed by atoms with van der Waals surface area (Å²) in [5, 5.41) is 3.63. The molecule has 102 valence electrons. The third kappa shape index (κ3) is 2.44. The quantitative estimate of drug-likeness (QED) is 0.675. The summed E-state index contributed by atoms with van der Waals surface area (Å²) < 4.78 is 0. The average Bonchev–Trinajstić information content (AvgIpc) is 2.39. The van der Waals surface area contributed by atoms with Gasteiger partial charge in [0.2, 0.25) is 0 Å². The standard InChI is InChI=1S/C13H17ClN4O/c1-8-15-12(14)10(7-19)13(16-8)17-11-6-18-4-2-9(11)3-5-18/h7,9,11H,2-6H2,1H3,(H,15,16,17). The zero-order valence-corrected chi connectivity index (χ0v) is 11.7. The van der Waals surface area contributed by atoms with Crippen molar-refractivity contribution in [2.75, 3.05) is 25.0 Å². The molecule has 1 unspecified atom stereocenters. The number of piperidine rings is 3. The van der Waals surface area contributed by atoms with E-state index in [0.717, 1.165) is 12.8 Å². The lowest BCUT2D eigenvalue weighted by Gasteiger charge is -2.45. The molecule has 0 saturated carbocycles. The molecule has 5 nitrogen and oxygen atoms in total. The number of hydrogen-bond acceptors (Lipinski definition) is 5. The number of anilines is 1. The normalized spacial score (nSPS) is 29.3. The van der Waals surface area contributed by atoms with Crippen molar-refractivity contribution in [2.45, 2.75) is 25.8 Å². The van der Waals surface area contributed by atoms with E-state index in [4.69, 9.17) is 11.6 Å². The van der Waals surface area contributed by atoms with Gasteiger partial charge in [-0.1, -0.05) is 11.6 Å². The number of carbonyl (C=O) groups is 1. The summed E-state index contributed by atoms with van der Waals surface area (Å²) in [5.74, 6) is 1.82. The van der Waals surface area contributed by atoms with Gasteiger partial charge in [0.05, 0.1) is 5.56 Å². The minimum Gasteiger partial charge on any atom is -0.365 e. The highest BCUT2D eigenvalue weighted by Gasteiger charge is 2.34. The van der Waals surface area contributed by atoms with Crippen molar-refractivity contribution in [1.82, 2.24) is 14.9 Å². The number of nitrogens with zero attached hydrogens (tertiary/aromatic N) is 3. The Bertz CT molecular complexity index is 500. The van der Waals surface area contributed by atoms with Crippen LogP contribution in [0.4, 0.5) is 5.82 Å². The monoisotopic (exact) mass is 280 g/mol. The van der Waals surface area contributed by atoms with Crippen molar-refractivity contribution in [1.29, 1.82) is 0 Å². The molecule has 0 radical (unpaired) electrons. The smallest absolute Gasteiger partial charge is 0.156 e. The number of halogens is 1. The number of aryl methyl sites for hydroxylation is 1. The average molecular weight is 281 g/mol. The van der Waals surface area contributed by atoms with Gasteiger partial charge in [0.25, 0.3) is 0 Å². The third-order valence-corrected chi connectivity index (χ3v) is 4.40. The summed E-state index contributed by atoms with van der Waals surface area (Å²) in [6, 6.07) is 0.353. The van der Waals surface area contributed by atoms with E-state index < -0.39 is 0 Å². The largest absolute Gasteiger partial charge is 0.365 e. The van der Waals surface area contributed by atoms with Crippen LogP contribution in [0.2, 0.25) is 5.15 Å². The molecule has 2 bridgehead atoms. The number of hydrogen-bond donors (Lipinski definition) is 1. The van der Waals surface area contributed by atoms with Gasteiger partial charge in [-0.25, -0.2) is 9.97 Å². The lowest BCUT2D eigenvalue weighted by molar-refractivity contribution is 0.0972. The van der Waals surface area contributed by atoms with E-state index in [0.29, 0.717) is 29.2 Å². The van der Waals surface area contributed by atoms with Crippen molar-refractivity contribution in [3.8, 4) is 0 Å². The summed E-state index contributed by atoms with van der Waals surface area (Å²) in [6.07, 6.45) is 3.16. The highest BCUT2D eigenvalue weighted by molar-refractivity contribution is 6.32. The first-order valence-corrected chi connectivity index (χ1v) is 7.03. The maximum Gasteiger partial charge on any atom is 0.156 e. The van der Waals surface area contributed by atoms with Gasteiger partial charge in [-0.05, 0) is 38.8 Å². The molecule has 4 heterocycles. The maximum absolute atomic E-state index is 11.1. The number of aromatic nitrogens is 2. The van der Waals surface area contributed by atoms with Crippen LogP contribution in [-0.4, -0.2) is 46.8 Å². The summed E-state index contributed by atoms with van der Waals surface area (Å²) >= 11 is 6.00. The summed E-state index contributed by atoms with van der Waals surface area (Å²) in [7, 11) is 0. The molecule has 0 aromatic carbocycles. The van der Waals surface area contributed by atoms with E-state index in [1.807, 2.05) is 0 Å². The van der Waals surface area contributed by atoms with Gasteiger partial charge < -0.3 is 10.2 Å². The fourth-order valence-electron chi connectivity index (χ4n) is 3.07. The fourth-order valence-corrected chi connectivity index (χ4v) is 3.32. The van der Waals surface area contributed by atoms with E-state index in [2.05, 4.69) is 20.2 Å². The van der Waals surface area contributed by atoms with Crippen LogP contribution in [0.5, 0.6) is 0 Å². The van der Waals surface area contributed by atoms with E-state index in [-0.39, 0.29) is 5.15 Å². The first-order valence-electron chi connectivity index (χ1n) is 6.65. The molecule has 3 aliphatic rings. The molecule has 3 saturated heterocycles. The molecule has 1 atom stereocenters. The number of nitrogens with one attached hydrogen (secondary N) is 1. The van der Waals surface area contributed by atoms with Crippen LogP contribution >= 0.6 is 11.6 Å². The van der Waals surface area contributed by atoms with E-state index in [1.165, 1.54) is 25.9 Å². The molecule has 0 aliphatic carbocycles. The zero-order valence-electron chi connectivity index (χ0n) is 10.9. The van der Waals surface area contributed by atoms with Crippen molar-refractivity contribution < 1.29 is 4.79 Å². The second-order valence-corrected chi connectivity index (χ2v) is 5.69. The number of fused-ring (bicyclic) bond motifs is 3. The van der Waals surface area contributed by atoms with Gasteiger partial charge >= 0.3 is 0 Å². The summed E-state index contributed by atoms with van der Waals surface area (Å²) in [4.78, 5) is 21.9. The first kappa shape index (κ1) is 12.8. The maximum atomic E-state index is 11.1. The Hall–Kier alpha value is -1.20. The van der Waals surface area contributed by atoms with E-state index >= 15 is 0 Å². The Morgan fingerprint density at radius 1 is 1.37 bits per heavy atom. The number of rotatable bonds is 3. The minimum atomic E-state index is 0.228. The molecule has 4 rings (SSSR count). The Morgan fingerprint density at radius 2 is 2.11 bits per heavy atom. The predicted octanol–water partition coefficient (Wildman–Crippen LogP) is 1.76. The first-order chi connectivity index (χ1) is 9.17. The van der Waals surface area contributed by atoms with Crippen LogP contribution in [0.25, 0.3) is 0 Å². The van der Waals surface area contributed by atoms with Gasteiger partial charge in [0.15, 0.2) is 6.29 Å². The van der Waals surface area contributed by atoms with Crippen LogP contribution < -0.4 is 5.32 Å². The molecular formula is C13H17ClN4O. The summed E-state index contributed by atoms with van der Waals surface area (Å²) in [5.41, 5.74) is 0.365. The number of aldehydes is 1. The van der Waals surface area contributed by atoms with Crippen LogP contribution in [0.15, 0.2) is 0 Å². The van der Waals surface area contributed by atoms with Crippen LogP contribution in [-0.2, 0) is 0 Å². The molecule has 19 heavy (non-hydrogen) atoms. The van der Waals surface area contributed by atoms with Crippen LogP contribution in [0.3, 0.4) is 0 Å². The fraction of sp³-hybridized carbons (Fsp3) is 0.615. The second kappa shape index (κ2) is 5.06. The molecule has 1 aromatic rings. The van der Waals surface area contributed by atoms with Gasteiger partial charge in [-0.15, -0.1) is 0 Å².